The average molecular weight is 503 g/mol. The number of hydrogen-bond acceptors (Lipinski definition) is 4. The van der Waals surface area contributed by atoms with Gasteiger partial charge in [-0.15, -0.1) is 0 Å². The molecular weight excluding hydrogens is 468 g/mol. The molecule has 3 heterocycles. The van der Waals surface area contributed by atoms with Gasteiger partial charge in [-0.1, -0.05) is 42.0 Å². The molecule has 1 fully saturated rings. The number of imidazole rings is 1. The van der Waals surface area contributed by atoms with Crippen LogP contribution in [-0.2, 0) is 15.6 Å². The highest BCUT2D eigenvalue weighted by Gasteiger charge is 2.35. The molecule has 1 aliphatic carbocycles. The minimum Gasteiger partial charge on any atom is -0.328 e. The highest BCUT2D eigenvalue weighted by atomic mass is 32.2. The Kier molecular flexibility index (Phi) is 6.47. The number of aryl methyl sites for hydroxylation is 1. The maximum Gasteiger partial charge on any atom is 0.211 e. The summed E-state index contributed by atoms with van der Waals surface area (Å²) in [6, 6.07) is 10.9. The number of rotatable bonds is 5. The van der Waals surface area contributed by atoms with E-state index in [0.29, 0.717) is 19.0 Å². The van der Waals surface area contributed by atoms with Gasteiger partial charge < -0.3 is 4.57 Å². The van der Waals surface area contributed by atoms with E-state index in [4.69, 9.17) is 4.98 Å². The van der Waals surface area contributed by atoms with Gasteiger partial charge in [-0.2, -0.15) is 0 Å². The second-order valence-corrected chi connectivity index (χ2v) is 12.6. The number of piperidine rings is 1. The van der Waals surface area contributed by atoms with Crippen molar-refractivity contribution in [3.8, 4) is 0 Å². The Morgan fingerprint density at radius 3 is 2.58 bits per heavy atom. The van der Waals surface area contributed by atoms with Crippen LogP contribution in [0.1, 0.15) is 60.6 Å². The topological polar surface area (TPSA) is 68.1 Å². The van der Waals surface area contributed by atoms with E-state index in [1.165, 1.54) is 22.9 Å². The highest BCUT2D eigenvalue weighted by molar-refractivity contribution is 7.88. The summed E-state index contributed by atoms with van der Waals surface area (Å²) in [5, 5.41) is 0. The summed E-state index contributed by atoms with van der Waals surface area (Å²) < 4.78 is 28.0. The average Bonchev–Trinajstić information content (AvgIpc) is 3.35. The summed E-state index contributed by atoms with van der Waals surface area (Å²) in [5.74, 6) is 0.430. The first-order valence-electron chi connectivity index (χ1n) is 12.5. The van der Waals surface area contributed by atoms with Gasteiger partial charge in [0.25, 0.3) is 0 Å². The first-order valence-corrected chi connectivity index (χ1v) is 14.4. The molecule has 0 saturated carbocycles. The van der Waals surface area contributed by atoms with Crippen LogP contribution in [0.25, 0.3) is 11.6 Å². The molecule has 7 heteroatoms. The summed E-state index contributed by atoms with van der Waals surface area (Å²) in [6.07, 6.45) is 17.2. The van der Waals surface area contributed by atoms with Crippen LogP contribution in [-0.4, -0.2) is 46.6 Å². The molecular formula is C29H34N4O2S. The quantitative estimate of drug-likeness (QED) is 0.479. The van der Waals surface area contributed by atoms with Gasteiger partial charge in [-0.3, -0.25) is 4.98 Å². The Hall–Kier alpha value is -3.03. The lowest BCUT2D eigenvalue weighted by Gasteiger charge is -2.35. The SMILES string of the molecule is Cc1ccc2c(c1)C=C(/C=C/C(C)(C)n1ccnc1)c1cccnc1C2C1CCN(S(C)(=O)=O)CC1. The Balaban J connectivity index is 1.59. The minimum absolute atomic E-state index is 0.113. The molecule has 0 spiro atoms. The smallest absolute Gasteiger partial charge is 0.211 e. The minimum atomic E-state index is -3.17. The van der Waals surface area contributed by atoms with Crippen molar-refractivity contribution in [1.82, 2.24) is 18.8 Å². The molecule has 2 aromatic heterocycles. The maximum absolute atomic E-state index is 12.1. The number of benzene rings is 1. The number of hydrogen-bond donors (Lipinski definition) is 0. The molecule has 5 rings (SSSR count). The first-order chi connectivity index (χ1) is 17.1. The fourth-order valence-corrected chi connectivity index (χ4v) is 6.41. The molecule has 0 bridgehead atoms. The van der Waals surface area contributed by atoms with E-state index in [2.05, 4.69) is 72.8 Å². The molecule has 0 radical (unpaired) electrons. The molecule has 0 N–H and O–H groups in total. The molecule has 1 aliphatic heterocycles. The predicted octanol–water partition coefficient (Wildman–Crippen LogP) is 5.24. The lowest BCUT2D eigenvalue weighted by Crippen LogP contribution is -2.39. The first kappa shape index (κ1) is 24.7. The van der Waals surface area contributed by atoms with Gasteiger partial charge in [-0.25, -0.2) is 17.7 Å². The van der Waals surface area contributed by atoms with E-state index >= 15 is 0 Å². The Morgan fingerprint density at radius 1 is 1.11 bits per heavy atom. The Bertz CT molecular complexity index is 1410. The highest BCUT2D eigenvalue weighted by Crippen LogP contribution is 2.45. The third kappa shape index (κ3) is 4.82. The molecule has 1 unspecified atom stereocenters. The number of allylic oxidation sites excluding steroid dienone is 3. The lowest BCUT2D eigenvalue weighted by molar-refractivity contribution is 0.256. The van der Waals surface area contributed by atoms with E-state index in [1.54, 1.807) is 10.5 Å². The zero-order valence-corrected chi connectivity index (χ0v) is 22.2. The maximum atomic E-state index is 12.1. The summed E-state index contributed by atoms with van der Waals surface area (Å²) >= 11 is 0. The van der Waals surface area contributed by atoms with Crippen LogP contribution in [0.3, 0.4) is 0 Å². The molecule has 36 heavy (non-hydrogen) atoms. The standard InChI is InChI=1S/C29H34N4O2S/c1-21-7-8-25-24(18-21)19-23(9-12-29(2,3)32-17-14-30-20-32)26-6-5-13-31-28(26)27(25)22-10-15-33(16-11-22)36(4,34)35/h5-9,12-14,17-20,22,27H,10-11,15-16H2,1-4H3/b12-9+. The zero-order valence-electron chi connectivity index (χ0n) is 21.4. The zero-order chi connectivity index (χ0) is 25.5. The van der Waals surface area contributed by atoms with Gasteiger partial charge in [0, 0.05) is 43.2 Å². The number of aromatic nitrogens is 3. The molecule has 188 valence electrons. The molecule has 3 aromatic rings. The van der Waals surface area contributed by atoms with Crippen LogP contribution >= 0.6 is 0 Å². The predicted molar refractivity (Wildman–Crippen MR) is 145 cm³/mol. The van der Waals surface area contributed by atoms with Crippen LogP contribution in [0.2, 0.25) is 0 Å². The molecule has 6 nitrogen and oxygen atoms in total. The molecule has 1 atom stereocenters. The van der Waals surface area contributed by atoms with Crippen LogP contribution in [0, 0.1) is 12.8 Å². The van der Waals surface area contributed by atoms with Crippen molar-refractivity contribution in [2.75, 3.05) is 19.3 Å². The Labute approximate surface area is 214 Å². The van der Waals surface area contributed by atoms with Gasteiger partial charge in [0.05, 0.1) is 23.8 Å². The largest absolute Gasteiger partial charge is 0.328 e. The van der Waals surface area contributed by atoms with Crippen molar-refractivity contribution in [2.24, 2.45) is 5.92 Å². The van der Waals surface area contributed by atoms with Crippen molar-refractivity contribution < 1.29 is 8.42 Å². The fraction of sp³-hybridized carbons (Fsp3) is 0.379. The fourth-order valence-electron chi connectivity index (χ4n) is 5.54. The van der Waals surface area contributed by atoms with Gasteiger partial charge in [-0.05, 0) is 68.4 Å². The molecule has 2 aliphatic rings. The third-order valence-corrected chi connectivity index (χ3v) is 8.92. The summed E-state index contributed by atoms with van der Waals surface area (Å²) in [5.41, 5.74) is 6.82. The van der Waals surface area contributed by atoms with E-state index in [9.17, 15) is 8.42 Å². The monoisotopic (exact) mass is 502 g/mol. The van der Waals surface area contributed by atoms with E-state index in [-0.39, 0.29) is 11.5 Å². The normalized spacial score (nSPS) is 19.6. The second kappa shape index (κ2) is 9.45. The van der Waals surface area contributed by atoms with E-state index in [1.807, 2.05) is 24.8 Å². The number of fused-ring (bicyclic) bond motifs is 2. The van der Waals surface area contributed by atoms with E-state index < -0.39 is 10.0 Å². The molecule has 1 aromatic carbocycles. The lowest BCUT2D eigenvalue weighted by atomic mass is 9.76. The number of sulfonamides is 1. The van der Waals surface area contributed by atoms with Crippen molar-refractivity contribution >= 4 is 21.7 Å². The summed E-state index contributed by atoms with van der Waals surface area (Å²) in [7, 11) is -3.17. The number of pyridine rings is 1. The number of nitrogens with zero attached hydrogens (tertiary/aromatic N) is 4. The van der Waals surface area contributed by atoms with E-state index in [0.717, 1.165) is 29.7 Å². The Morgan fingerprint density at radius 2 is 1.89 bits per heavy atom. The summed E-state index contributed by atoms with van der Waals surface area (Å²) in [6.45, 7) is 7.58. The van der Waals surface area contributed by atoms with Crippen molar-refractivity contribution in [3.63, 3.8) is 0 Å². The van der Waals surface area contributed by atoms with Gasteiger partial charge >= 0.3 is 0 Å². The van der Waals surface area contributed by atoms with Gasteiger partial charge in [0.2, 0.25) is 10.0 Å². The van der Waals surface area contributed by atoms with Crippen molar-refractivity contribution in [1.29, 1.82) is 0 Å². The van der Waals surface area contributed by atoms with Crippen molar-refractivity contribution in [2.45, 2.75) is 45.1 Å². The van der Waals surface area contributed by atoms with Gasteiger partial charge in [0.15, 0.2) is 0 Å². The molecule has 0 amide bonds. The van der Waals surface area contributed by atoms with Gasteiger partial charge in [0.1, 0.15) is 0 Å². The van der Waals surface area contributed by atoms with Crippen LogP contribution in [0.4, 0.5) is 0 Å². The van der Waals surface area contributed by atoms with Crippen LogP contribution in [0.15, 0.2) is 67.4 Å². The van der Waals surface area contributed by atoms with Crippen LogP contribution < -0.4 is 0 Å². The third-order valence-electron chi connectivity index (χ3n) is 7.61. The summed E-state index contributed by atoms with van der Waals surface area (Å²) in [4.78, 5) is 9.17. The van der Waals surface area contributed by atoms with Crippen molar-refractivity contribution in [3.05, 3.63) is 95.3 Å². The molecule has 1 saturated heterocycles. The van der Waals surface area contributed by atoms with Crippen LogP contribution in [0.5, 0.6) is 0 Å². The second-order valence-electron chi connectivity index (χ2n) is 10.6.